The molecule has 1 N–H and O–H groups in total. The van der Waals surface area contributed by atoms with Gasteiger partial charge in [-0.2, -0.15) is 13.2 Å². The van der Waals surface area contributed by atoms with Gasteiger partial charge >= 0.3 is 6.18 Å². The highest BCUT2D eigenvalue weighted by atomic mass is 19.4. The van der Waals surface area contributed by atoms with Gasteiger partial charge in [-0.3, -0.25) is 0 Å². The molecule has 6 nitrogen and oxygen atoms in total. The van der Waals surface area contributed by atoms with Crippen molar-refractivity contribution in [3.05, 3.63) is 60.2 Å². The summed E-state index contributed by atoms with van der Waals surface area (Å²) in [5, 5.41) is 17.3. The number of hydrogen-bond donors (Lipinski definition) is 1. The number of aryl methyl sites for hydroxylation is 1. The van der Waals surface area contributed by atoms with Crippen molar-refractivity contribution < 1.29 is 22.9 Å². The summed E-state index contributed by atoms with van der Waals surface area (Å²) in [5.41, 5.74) is 3.32. The van der Waals surface area contributed by atoms with Crippen LogP contribution >= 0.6 is 0 Å². The lowest BCUT2D eigenvalue weighted by Gasteiger charge is -2.16. The molecule has 0 fully saturated rings. The Labute approximate surface area is 150 Å². The third-order valence-corrected chi connectivity index (χ3v) is 4.27. The molecule has 9 heteroatoms. The summed E-state index contributed by atoms with van der Waals surface area (Å²) in [6.07, 6.45) is -4.01. The molecule has 0 bridgehead atoms. The molecular formula is C18H13F3N4O2. The average molecular weight is 374 g/mol. The molecule has 0 saturated carbocycles. The molecule has 0 aliphatic carbocycles. The second-order valence-electron chi connectivity index (χ2n) is 6.10. The lowest BCUT2D eigenvalue weighted by Crippen LogP contribution is -2.20. The van der Waals surface area contributed by atoms with E-state index in [2.05, 4.69) is 15.3 Å². The molecular weight excluding hydrogens is 361 g/mol. The fourth-order valence-corrected chi connectivity index (χ4v) is 2.91. The maximum absolute atomic E-state index is 12.8. The quantitative estimate of drug-likeness (QED) is 0.587. The van der Waals surface area contributed by atoms with Crippen molar-refractivity contribution in [1.82, 2.24) is 19.9 Å². The SMILES string of the molecule is Cc1cncn1-c1cc(-c2cccc(C(O)C(F)(F)F)c2)cc2nonc12. The van der Waals surface area contributed by atoms with E-state index in [4.69, 9.17) is 4.63 Å². The summed E-state index contributed by atoms with van der Waals surface area (Å²) in [6, 6.07) is 9.09. The van der Waals surface area contributed by atoms with Crippen LogP contribution in [0.4, 0.5) is 13.2 Å². The number of imidazole rings is 1. The van der Waals surface area contributed by atoms with Gasteiger partial charge in [0.1, 0.15) is 5.52 Å². The fraction of sp³-hybridized carbons (Fsp3) is 0.167. The van der Waals surface area contributed by atoms with Crippen LogP contribution in [0, 0.1) is 6.92 Å². The maximum Gasteiger partial charge on any atom is 0.418 e. The summed E-state index contributed by atoms with van der Waals surface area (Å²) >= 11 is 0. The van der Waals surface area contributed by atoms with Gasteiger partial charge in [0.2, 0.25) is 0 Å². The zero-order chi connectivity index (χ0) is 19.2. The number of nitrogens with zero attached hydrogens (tertiary/aromatic N) is 4. The van der Waals surface area contributed by atoms with Crippen molar-refractivity contribution >= 4 is 11.0 Å². The summed E-state index contributed by atoms with van der Waals surface area (Å²) in [4.78, 5) is 4.08. The molecule has 2 aromatic heterocycles. The number of rotatable bonds is 3. The minimum absolute atomic E-state index is 0.237. The highest BCUT2D eigenvalue weighted by Gasteiger charge is 2.39. The van der Waals surface area contributed by atoms with Crippen LogP contribution in [0.25, 0.3) is 27.8 Å². The molecule has 1 unspecified atom stereocenters. The number of aliphatic hydroxyl groups excluding tert-OH is 1. The number of fused-ring (bicyclic) bond motifs is 1. The highest BCUT2D eigenvalue weighted by molar-refractivity contribution is 5.88. The van der Waals surface area contributed by atoms with E-state index in [1.54, 1.807) is 35.3 Å². The van der Waals surface area contributed by atoms with E-state index >= 15 is 0 Å². The van der Waals surface area contributed by atoms with Gasteiger partial charge in [0.15, 0.2) is 11.6 Å². The monoisotopic (exact) mass is 374 g/mol. The van der Waals surface area contributed by atoms with E-state index in [-0.39, 0.29) is 5.56 Å². The van der Waals surface area contributed by atoms with Crippen LogP contribution in [-0.4, -0.2) is 31.1 Å². The summed E-state index contributed by atoms with van der Waals surface area (Å²) < 4.78 is 45.1. The second-order valence-corrected chi connectivity index (χ2v) is 6.10. The Morgan fingerprint density at radius 3 is 2.63 bits per heavy atom. The van der Waals surface area contributed by atoms with Crippen molar-refractivity contribution in [2.45, 2.75) is 19.2 Å². The zero-order valence-corrected chi connectivity index (χ0v) is 14.0. The molecule has 0 radical (unpaired) electrons. The molecule has 1 atom stereocenters. The number of aliphatic hydroxyl groups is 1. The fourth-order valence-electron chi connectivity index (χ4n) is 2.91. The first kappa shape index (κ1) is 17.2. The van der Waals surface area contributed by atoms with Crippen LogP contribution in [-0.2, 0) is 0 Å². The normalized spacial score (nSPS) is 13.2. The molecule has 4 aromatic rings. The highest BCUT2D eigenvalue weighted by Crippen LogP contribution is 2.35. The minimum atomic E-state index is -4.74. The van der Waals surface area contributed by atoms with Crippen molar-refractivity contribution in [3.8, 4) is 16.8 Å². The first-order valence-electron chi connectivity index (χ1n) is 7.95. The smallest absolute Gasteiger partial charge is 0.379 e. The van der Waals surface area contributed by atoms with Gasteiger partial charge < -0.3 is 9.67 Å². The van der Waals surface area contributed by atoms with E-state index in [9.17, 15) is 18.3 Å². The van der Waals surface area contributed by atoms with E-state index in [0.717, 1.165) is 5.69 Å². The molecule has 0 spiro atoms. The van der Waals surface area contributed by atoms with Gasteiger partial charge in [-0.05, 0) is 52.1 Å². The number of aromatic nitrogens is 4. The molecule has 2 aromatic carbocycles. The second kappa shape index (κ2) is 6.20. The van der Waals surface area contributed by atoms with Gasteiger partial charge in [0.25, 0.3) is 0 Å². The molecule has 0 aliphatic rings. The van der Waals surface area contributed by atoms with Crippen molar-refractivity contribution in [2.24, 2.45) is 0 Å². The Hall–Kier alpha value is -3.20. The van der Waals surface area contributed by atoms with Gasteiger partial charge in [-0.25, -0.2) is 9.61 Å². The van der Waals surface area contributed by atoms with Crippen LogP contribution in [0.3, 0.4) is 0 Å². The molecule has 4 rings (SSSR count). The maximum atomic E-state index is 12.8. The minimum Gasteiger partial charge on any atom is -0.379 e. The van der Waals surface area contributed by atoms with E-state index < -0.39 is 12.3 Å². The standard InChI is InChI=1S/C18H13F3N4O2/c1-10-8-22-9-25(10)15-7-13(6-14-16(15)24-27-23-14)11-3-2-4-12(5-11)17(26)18(19,20)21/h2-9,17,26H,1H3. The lowest BCUT2D eigenvalue weighted by molar-refractivity contribution is -0.206. The molecule has 2 heterocycles. The number of alkyl halides is 3. The van der Waals surface area contributed by atoms with Gasteiger partial charge in [-0.15, -0.1) is 0 Å². The molecule has 0 amide bonds. The van der Waals surface area contributed by atoms with Gasteiger partial charge in [0, 0.05) is 11.9 Å². The Morgan fingerprint density at radius 1 is 1.11 bits per heavy atom. The Kier molecular flexibility index (Phi) is 3.96. The predicted octanol–water partition coefficient (Wildman–Crippen LogP) is 3.98. The first-order valence-corrected chi connectivity index (χ1v) is 7.95. The topological polar surface area (TPSA) is 77.0 Å². The lowest BCUT2D eigenvalue weighted by atomic mass is 9.99. The van der Waals surface area contributed by atoms with Gasteiger partial charge in [0.05, 0.1) is 12.0 Å². The summed E-state index contributed by atoms with van der Waals surface area (Å²) in [7, 11) is 0. The number of benzene rings is 2. The zero-order valence-electron chi connectivity index (χ0n) is 14.0. The first-order chi connectivity index (χ1) is 12.8. The summed E-state index contributed by atoms with van der Waals surface area (Å²) in [6.45, 7) is 1.86. The van der Waals surface area contributed by atoms with Crippen LogP contribution in [0.2, 0.25) is 0 Å². The number of hydrogen-bond acceptors (Lipinski definition) is 5. The van der Waals surface area contributed by atoms with Gasteiger partial charge in [-0.1, -0.05) is 18.2 Å². The van der Waals surface area contributed by atoms with Crippen molar-refractivity contribution in [2.75, 3.05) is 0 Å². The molecule has 138 valence electrons. The average Bonchev–Trinajstić information content (AvgIpc) is 3.28. The number of halogens is 3. The Morgan fingerprint density at radius 2 is 1.93 bits per heavy atom. The predicted molar refractivity (Wildman–Crippen MR) is 90.1 cm³/mol. The molecule has 0 saturated heterocycles. The van der Waals surface area contributed by atoms with E-state index in [1.807, 2.05) is 6.92 Å². The Balaban J connectivity index is 1.87. The molecule has 0 aliphatic heterocycles. The van der Waals surface area contributed by atoms with Crippen LogP contribution in [0.15, 0.2) is 53.6 Å². The largest absolute Gasteiger partial charge is 0.418 e. The van der Waals surface area contributed by atoms with Crippen LogP contribution in [0.1, 0.15) is 17.4 Å². The third-order valence-electron chi connectivity index (χ3n) is 4.27. The summed E-state index contributed by atoms with van der Waals surface area (Å²) in [5.74, 6) is 0. The van der Waals surface area contributed by atoms with E-state index in [1.165, 1.54) is 18.2 Å². The third kappa shape index (κ3) is 3.06. The Bertz CT molecular complexity index is 1120. The van der Waals surface area contributed by atoms with Crippen molar-refractivity contribution in [3.63, 3.8) is 0 Å². The van der Waals surface area contributed by atoms with E-state index in [0.29, 0.717) is 27.8 Å². The van der Waals surface area contributed by atoms with Crippen LogP contribution < -0.4 is 0 Å². The van der Waals surface area contributed by atoms with Crippen LogP contribution in [0.5, 0.6) is 0 Å². The molecule has 27 heavy (non-hydrogen) atoms. The van der Waals surface area contributed by atoms with Crippen molar-refractivity contribution in [1.29, 1.82) is 0 Å².